The third kappa shape index (κ3) is 1.97. The van der Waals surface area contributed by atoms with Crippen molar-refractivity contribution in [3.05, 3.63) is 48.0 Å². The highest BCUT2D eigenvalue weighted by Gasteiger charge is 2.03. The van der Waals surface area contributed by atoms with Crippen LogP contribution in [0.25, 0.3) is 5.65 Å². The molecule has 0 bridgehead atoms. The molecule has 0 spiro atoms. The van der Waals surface area contributed by atoms with Gasteiger partial charge in [0.25, 0.3) is 0 Å². The monoisotopic (exact) mass is 244 g/mol. The van der Waals surface area contributed by atoms with Crippen LogP contribution in [0, 0.1) is 5.82 Å². The van der Waals surface area contributed by atoms with Crippen LogP contribution in [-0.2, 0) is 6.54 Å². The van der Waals surface area contributed by atoms with Crippen molar-refractivity contribution in [2.75, 3.05) is 5.32 Å². The second kappa shape index (κ2) is 4.36. The van der Waals surface area contributed by atoms with Crippen molar-refractivity contribution in [1.29, 1.82) is 0 Å². The molecule has 0 atom stereocenters. The topological polar surface area (TPSA) is 68.0 Å². The Bertz CT molecular complexity index is 680. The van der Waals surface area contributed by atoms with Gasteiger partial charge in [0.05, 0.1) is 12.4 Å². The minimum absolute atomic E-state index is 0.256. The predicted octanol–water partition coefficient (Wildman–Crippen LogP) is 1.27. The fourth-order valence-corrected chi connectivity index (χ4v) is 1.64. The van der Waals surface area contributed by atoms with Crippen LogP contribution in [0.3, 0.4) is 0 Å². The number of rotatable bonds is 3. The number of hydrogen-bond donors (Lipinski definition) is 1. The van der Waals surface area contributed by atoms with Crippen LogP contribution in [0.1, 0.15) is 5.56 Å². The fourth-order valence-electron chi connectivity index (χ4n) is 1.64. The number of anilines is 1. The molecular formula is C11H9FN6. The second-order valence-electron chi connectivity index (χ2n) is 3.72. The SMILES string of the molecule is Fc1cccc(CNc2cncc3nnnn23)c1. The molecule has 3 aromatic rings. The van der Waals surface area contributed by atoms with Crippen LogP contribution in [0.15, 0.2) is 36.7 Å². The van der Waals surface area contributed by atoms with Crippen LogP contribution in [-0.4, -0.2) is 25.0 Å². The third-order valence-corrected chi connectivity index (χ3v) is 2.47. The van der Waals surface area contributed by atoms with Crippen LogP contribution >= 0.6 is 0 Å². The van der Waals surface area contributed by atoms with Gasteiger partial charge in [0.15, 0.2) is 11.5 Å². The maximum Gasteiger partial charge on any atom is 0.199 e. The van der Waals surface area contributed by atoms with Gasteiger partial charge in [-0.1, -0.05) is 12.1 Å². The molecule has 1 N–H and O–H groups in total. The summed E-state index contributed by atoms with van der Waals surface area (Å²) in [5.41, 5.74) is 1.39. The van der Waals surface area contributed by atoms with Gasteiger partial charge >= 0.3 is 0 Å². The van der Waals surface area contributed by atoms with Crippen molar-refractivity contribution < 1.29 is 4.39 Å². The van der Waals surface area contributed by atoms with Crippen LogP contribution in [0.4, 0.5) is 10.2 Å². The molecule has 2 aromatic heterocycles. The molecule has 0 aliphatic carbocycles. The van der Waals surface area contributed by atoms with Gasteiger partial charge in [0.1, 0.15) is 5.82 Å². The van der Waals surface area contributed by atoms with E-state index in [1.54, 1.807) is 18.5 Å². The first-order chi connectivity index (χ1) is 8.83. The number of benzene rings is 1. The molecule has 0 unspecified atom stereocenters. The Balaban J connectivity index is 1.83. The van der Waals surface area contributed by atoms with Gasteiger partial charge in [-0.15, -0.1) is 5.10 Å². The summed E-state index contributed by atoms with van der Waals surface area (Å²) in [6, 6.07) is 6.39. The quantitative estimate of drug-likeness (QED) is 0.751. The lowest BCUT2D eigenvalue weighted by atomic mass is 10.2. The van der Waals surface area contributed by atoms with Gasteiger partial charge < -0.3 is 5.32 Å². The van der Waals surface area contributed by atoms with Gasteiger partial charge in [-0.2, -0.15) is 4.52 Å². The molecule has 0 aliphatic rings. The molecule has 7 heteroatoms. The number of tetrazole rings is 1. The molecule has 6 nitrogen and oxygen atoms in total. The van der Waals surface area contributed by atoms with Crippen LogP contribution in [0.5, 0.6) is 0 Å². The maximum absolute atomic E-state index is 13.0. The van der Waals surface area contributed by atoms with Gasteiger partial charge in [-0.3, -0.25) is 4.98 Å². The number of nitrogens with one attached hydrogen (secondary N) is 1. The van der Waals surface area contributed by atoms with Crippen molar-refractivity contribution in [3.8, 4) is 0 Å². The van der Waals surface area contributed by atoms with E-state index in [1.165, 1.54) is 16.6 Å². The molecule has 2 heterocycles. The van der Waals surface area contributed by atoms with E-state index in [9.17, 15) is 4.39 Å². The molecule has 0 fully saturated rings. The summed E-state index contributed by atoms with van der Waals surface area (Å²) in [4.78, 5) is 4.01. The third-order valence-electron chi connectivity index (χ3n) is 2.47. The zero-order valence-electron chi connectivity index (χ0n) is 9.29. The minimum atomic E-state index is -0.256. The Kier molecular flexibility index (Phi) is 2.56. The lowest BCUT2D eigenvalue weighted by molar-refractivity contribution is 0.626. The fraction of sp³-hybridized carbons (Fsp3) is 0.0909. The molecule has 1 aromatic carbocycles. The molecule has 3 rings (SSSR count). The number of fused-ring (bicyclic) bond motifs is 1. The standard InChI is InChI=1S/C11H9FN6/c12-9-3-1-2-8(4-9)5-14-10-6-13-7-11-15-16-17-18(10)11/h1-4,6-7,14H,5H2. The number of halogens is 1. The Morgan fingerprint density at radius 3 is 3.11 bits per heavy atom. The highest BCUT2D eigenvalue weighted by molar-refractivity contribution is 5.44. The smallest absolute Gasteiger partial charge is 0.199 e. The zero-order valence-corrected chi connectivity index (χ0v) is 9.29. The Hall–Kier alpha value is -2.57. The Labute approximate surface area is 101 Å². The highest BCUT2D eigenvalue weighted by Crippen LogP contribution is 2.09. The van der Waals surface area contributed by atoms with E-state index < -0.39 is 0 Å². The summed E-state index contributed by atoms with van der Waals surface area (Å²) in [5.74, 6) is 0.398. The van der Waals surface area contributed by atoms with Crippen LogP contribution in [0.2, 0.25) is 0 Å². The van der Waals surface area contributed by atoms with Crippen molar-refractivity contribution >= 4 is 11.5 Å². The first-order valence-electron chi connectivity index (χ1n) is 5.33. The lowest BCUT2D eigenvalue weighted by Gasteiger charge is -2.06. The molecule has 18 heavy (non-hydrogen) atoms. The predicted molar refractivity (Wildman–Crippen MR) is 62.3 cm³/mol. The molecule has 0 saturated heterocycles. The molecule has 0 amide bonds. The molecule has 0 radical (unpaired) electrons. The summed E-state index contributed by atoms with van der Waals surface area (Å²) in [6.07, 6.45) is 3.18. The van der Waals surface area contributed by atoms with E-state index in [0.29, 0.717) is 18.0 Å². The molecule has 0 saturated carbocycles. The van der Waals surface area contributed by atoms with Gasteiger partial charge in [-0.25, -0.2) is 4.39 Å². The molecule has 90 valence electrons. The second-order valence-corrected chi connectivity index (χ2v) is 3.72. The van der Waals surface area contributed by atoms with Crippen molar-refractivity contribution in [1.82, 2.24) is 25.0 Å². The van der Waals surface area contributed by atoms with Crippen molar-refractivity contribution in [3.63, 3.8) is 0 Å². The van der Waals surface area contributed by atoms with Crippen LogP contribution < -0.4 is 5.32 Å². The van der Waals surface area contributed by atoms with E-state index in [4.69, 9.17) is 0 Å². The van der Waals surface area contributed by atoms with E-state index in [-0.39, 0.29) is 5.82 Å². The number of aromatic nitrogens is 5. The average Bonchev–Trinajstić information content (AvgIpc) is 2.85. The summed E-state index contributed by atoms with van der Waals surface area (Å²) >= 11 is 0. The highest BCUT2D eigenvalue weighted by atomic mass is 19.1. The van der Waals surface area contributed by atoms with E-state index in [0.717, 1.165) is 5.56 Å². The first kappa shape index (κ1) is 10.6. The zero-order chi connectivity index (χ0) is 12.4. The van der Waals surface area contributed by atoms with Gasteiger partial charge in [-0.05, 0) is 28.1 Å². The summed E-state index contributed by atoms with van der Waals surface area (Å²) < 4.78 is 14.6. The minimum Gasteiger partial charge on any atom is -0.365 e. The first-order valence-corrected chi connectivity index (χ1v) is 5.33. The maximum atomic E-state index is 13.0. The molecule has 0 aliphatic heterocycles. The lowest BCUT2D eigenvalue weighted by Crippen LogP contribution is -2.05. The van der Waals surface area contributed by atoms with Crippen molar-refractivity contribution in [2.24, 2.45) is 0 Å². The Morgan fingerprint density at radius 1 is 1.28 bits per heavy atom. The molecular weight excluding hydrogens is 235 g/mol. The van der Waals surface area contributed by atoms with E-state index in [2.05, 4.69) is 25.8 Å². The summed E-state index contributed by atoms with van der Waals surface area (Å²) in [6.45, 7) is 0.471. The van der Waals surface area contributed by atoms with Gasteiger partial charge in [0.2, 0.25) is 0 Å². The number of hydrogen-bond acceptors (Lipinski definition) is 5. The Morgan fingerprint density at radius 2 is 2.22 bits per heavy atom. The van der Waals surface area contributed by atoms with Crippen molar-refractivity contribution in [2.45, 2.75) is 6.54 Å². The summed E-state index contributed by atoms with van der Waals surface area (Å²) in [7, 11) is 0. The summed E-state index contributed by atoms with van der Waals surface area (Å²) in [5, 5.41) is 14.3. The van der Waals surface area contributed by atoms with Gasteiger partial charge in [0, 0.05) is 6.54 Å². The normalized spacial score (nSPS) is 10.7. The van der Waals surface area contributed by atoms with E-state index >= 15 is 0 Å². The average molecular weight is 244 g/mol. The largest absolute Gasteiger partial charge is 0.365 e. The number of nitrogens with zero attached hydrogens (tertiary/aromatic N) is 5. The van der Waals surface area contributed by atoms with E-state index in [1.807, 2.05) is 6.07 Å².